The SMILES string of the molecule is Cc1ccc2cc([C@@H](c3nnnn3C3CCCC3)N3CCCC4(CCCCC4)C3)c(=O)[nH]c2c1C. The normalized spacial score (nSPS) is 22.2. The lowest BCUT2D eigenvalue weighted by molar-refractivity contribution is 0.0335. The lowest BCUT2D eigenvalue weighted by Gasteiger charge is -2.47. The average molecular weight is 475 g/mol. The van der Waals surface area contributed by atoms with Gasteiger partial charge in [-0.1, -0.05) is 44.2 Å². The molecule has 2 aliphatic carbocycles. The van der Waals surface area contributed by atoms with Crippen LogP contribution in [0.2, 0.25) is 0 Å². The number of nitrogens with one attached hydrogen (secondary N) is 1. The fraction of sp³-hybridized carbons (Fsp3) is 0.643. The van der Waals surface area contributed by atoms with Crippen LogP contribution in [0.15, 0.2) is 23.0 Å². The Kier molecular flexibility index (Phi) is 5.99. The summed E-state index contributed by atoms with van der Waals surface area (Å²) in [5.74, 6) is 0.846. The summed E-state index contributed by atoms with van der Waals surface area (Å²) >= 11 is 0. The van der Waals surface area contributed by atoms with Gasteiger partial charge in [-0.05, 0) is 97.3 Å². The molecule has 3 fully saturated rings. The minimum atomic E-state index is -0.223. The minimum absolute atomic E-state index is 0.0135. The van der Waals surface area contributed by atoms with Gasteiger partial charge >= 0.3 is 0 Å². The van der Waals surface area contributed by atoms with Crippen molar-refractivity contribution in [3.63, 3.8) is 0 Å². The molecule has 7 nitrogen and oxygen atoms in total. The van der Waals surface area contributed by atoms with Gasteiger partial charge in [0.25, 0.3) is 5.56 Å². The third-order valence-corrected chi connectivity index (χ3v) is 9.28. The van der Waals surface area contributed by atoms with Crippen molar-refractivity contribution in [2.24, 2.45) is 5.41 Å². The molecule has 0 radical (unpaired) electrons. The molecule has 1 N–H and O–H groups in total. The van der Waals surface area contributed by atoms with Gasteiger partial charge in [-0.3, -0.25) is 9.69 Å². The van der Waals surface area contributed by atoms with Gasteiger partial charge in [-0.2, -0.15) is 0 Å². The average Bonchev–Trinajstić information content (AvgIpc) is 3.56. The highest BCUT2D eigenvalue weighted by molar-refractivity contribution is 5.83. The molecule has 35 heavy (non-hydrogen) atoms. The Labute approximate surface area is 207 Å². The quantitative estimate of drug-likeness (QED) is 0.549. The van der Waals surface area contributed by atoms with E-state index in [0.29, 0.717) is 11.5 Å². The van der Waals surface area contributed by atoms with Crippen LogP contribution in [0.1, 0.15) is 105 Å². The van der Waals surface area contributed by atoms with E-state index in [1.807, 2.05) is 0 Å². The number of aromatic amines is 1. The molecule has 0 unspecified atom stereocenters. The van der Waals surface area contributed by atoms with Crippen LogP contribution in [-0.2, 0) is 0 Å². The van der Waals surface area contributed by atoms with Crippen molar-refractivity contribution in [3.05, 3.63) is 51.1 Å². The van der Waals surface area contributed by atoms with Crippen LogP contribution in [0, 0.1) is 19.3 Å². The van der Waals surface area contributed by atoms with E-state index in [-0.39, 0.29) is 11.6 Å². The molecule has 0 bridgehead atoms. The third kappa shape index (κ3) is 4.11. The van der Waals surface area contributed by atoms with E-state index in [2.05, 4.69) is 62.1 Å². The molecule has 3 heterocycles. The Balaban J connectivity index is 1.48. The number of aryl methyl sites for hydroxylation is 2. The maximum atomic E-state index is 13.7. The van der Waals surface area contributed by atoms with Gasteiger partial charge in [0, 0.05) is 12.1 Å². The largest absolute Gasteiger partial charge is 0.321 e. The number of rotatable bonds is 4. The van der Waals surface area contributed by atoms with Crippen LogP contribution < -0.4 is 5.56 Å². The van der Waals surface area contributed by atoms with Crippen LogP contribution in [0.4, 0.5) is 0 Å². The number of likely N-dealkylation sites (tertiary alicyclic amines) is 1. The fourth-order valence-electron chi connectivity index (χ4n) is 7.21. The summed E-state index contributed by atoms with van der Waals surface area (Å²) in [4.78, 5) is 19.5. The van der Waals surface area contributed by atoms with E-state index in [0.717, 1.165) is 53.8 Å². The van der Waals surface area contributed by atoms with Gasteiger partial charge < -0.3 is 4.98 Å². The maximum Gasteiger partial charge on any atom is 0.253 e. The highest BCUT2D eigenvalue weighted by Crippen LogP contribution is 2.46. The molecule has 7 heteroatoms. The summed E-state index contributed by atoms with van der Waals surface area (Å²) in [6, 6.07) is 6.50. The number of pyridine rings is 1. The number of H-pyrrole nitrogens is 1. The molecule has 0 amide bonds. The van der Waals surface area contributed by atoms with Crippen LogP contribution in [0.3, 0.4) is 0 Å². The van der Waals surface area contributed by atoms with Gasteiger partial charge in [-0.15, -0.1) is 5.10 Å². The van der Waals surface area contributed by atoms with E-state index in [4.69, 9.17) is 0 Å². The Morgan fingerprint density at radius 3 is 2.60 bits per heavy atom. The third-order valence-electron chi connectivity index (χ3n) is 9.28. The predicted molar refractivity (Wildman–Crippen MR) is 138 cm³/mol. The van der Waals surface area contributed by atoms with E-state index in [9.17, 15) is 4.79 Å². The van der Waals surface area contributed by atoms with Gasteiger partial charge in [0.05, 0.1) is 11.6 Å². The minimum Gasteiger partial charge on any atom is -0.321 e. The second kappa shape index (κ2) is 9.16. The first-order chi connectivity index (χ1) is 17.0. The molecule has 1 spiro atoms. The molecule has 3 aliphatic rings. The maximum absolute atomic E-state index is 13.7. The summed E-state index contributed by atoms with van der Waals surface area (Å²) in [6.07, 6.45) is 13.7. The second-order valence-corrected chi connectivity index (χ2v) is 11.5. The van der Waals surface area contributed by atoms with Gasteiger partial charge in [0.1, 0.15) is 6.04 Å². The van der Waals surface area contributed by atoms with E-state index in [1.165, 1.54) is 63.4 Å². The molecule has 186 valence electrons. The number of piperidine rings is 1. The molecule has 1 atom stereocenters. The number of fused-ring (bicyclic) bond motifs is 1. The van der Waals surface area contributed by atoms with Crippen LogP contribution in [0.25, 0.3) is 10.9 Å². The van der Waals surface area contributed by atoms with Crippen molar-refractivity contribution >= 4 is 10.9 Å². The number of nitrogens with zero attached hydrogens (tertiary/aromatic N) is 5. The summed E-state index contributed by atoms with van der Waals surface area (Å²) in [6.45, 7) is 6.19. The lowest BCUT2D eigenvalue weighted by atomic mass is 9.69. The first-order valence-corrected chi connectivity index (χ1v) is 13.7. The molecule has 3 aromatic rings. The Hall–Kier alpha value is -2.54. The van der Waals surface area contributed by atoms with E-state index < -0.39 is 0 Å². The van der Waals surface area contributed by atoms with Gasteiger partial charge in [-0.25, -0.2) is 4.68 Å². The molecule has 6 rings (SSSR count). The summed E-state index contributed by atoms with van der Waals surface area (Å²) < 4.78 is 2.06. The van der Waals surface area contributed by atoms with Crippen molar-refractivity contribution < 1.29 is 0 Å². The van der Waals surface area contributed by atoms with E-state index >= 15 is 0 Å². The summed E-state index contributed by atoms with van der Waals surface area (Å²) in [7, 11) is 0. The Bertz CT molecular complexity index is 1260. The smallest absolute Gasteiger partial charge is 0.253 e. The standard InChI is InChI=1S/C28H38N6O/c1-19-11-12-21-17-23(27(35)29-24(21)20(19)2)25(26-30-31-32-34(26)22-9-4-5-10-22)33-16-8-15-28(18-33)13-6-3-7-14-28/h11-12,17,22,25H,3-10,13-16,18H2,1-2H3,(H,29,35)/t25-/m0/s1. The zero-order valence-electron chi connectivity index (χ0n) is 21.2. The van der Waals surface area contributed by atoms with Crippen molar-refractivity contribution in [2.75, 3.05) is 13.1 Å². The topological polar surface area (TPSA) is 79.7 Å². The predicted octanol–water partition coefficient (Wildman–Crippen LogP) is 5.38. The Morgan fingerprint density at radius 1 is 1.03 bits per heavy atom. The molecule has 1 aromatic carbocycles. The van der Waals surface area contributed by atoms with Gasteiger partial charge in [0.15, 0.2) is 5.82 Å². The van der Waals surface area contributed by atoms with Crippen LogP contribution in [-0.4, -0.2) is 43.2 Å². The van der Waals surface area contributed by atoms with E-state index in [1.54, 1.807) is 0 Å². The molecular formula is C28H38N6O. The zero-order chi connectivity index (χ0) is 24.0. The monoisotopic (exact) mass is 474 g/mol. The number of benzene rings is 1. The molecule has 1 aliphatic heterocycles. The fourth-order valence-corrected chi connectivity index (χ4v) is 7.21. The highest BCUT2D eigenvalue weighted by atomic mass is 16.1. The summed E-state index contributed by atoms with van der Waals surface area (Å²) in [5, 5.41) is 14.3. The number of hydrogen-bond acceptors (Lipinski definition) is 5. The second-order valence-electron chi connectivity index (χ2n) is 11.5. The lowest BCUT2D eigenvalue weighted by Crippen LogP contribution is -2.47. The highest BCUT2D eigenvalue weighted by Gasteiger charge is 2.41. The van der Waals surface area contributed by atoms with Crippen molar-refractivity contribution in [1.82, 2.24) is 30.1 Å². The first kappa shape index (κ1) is 22.9. The van der Waals surface area contributed by atoms with Crippen LogP contribution in [0.5, 0.6) is 0 Å². The number of aromatic nitrogens is 5. The number of hydrogen-bond donors (Lipinski definition) is 1. The van der Waals surface area contributed by atoms with Crippen molar-refractivity contribution in [2.45, 2.75) is 96.6 Å². The molecule has 2 aromatic heterocycles. The first-order valence-electron chi connectivity index (χ1n) is 13.7. The molecular weight excluding hydrogens is 436 g/mol. The summed E-state index contributed by atoms with van der Waals surface area (Å²) in [5.41, 5.74) is 4.41. The van der Waals surface area contributed by atoms with Crippen LogP contribution >= 0.6 is 0 Å². The molecule has 2 saturated carbocycles. The zero-order valence-corrected chi connectivity index (χ0v) is 21.2. The van der Waals surface area contributed by atoms with Crippen molar-refractivity contribution in [1.29, 1.82) is 0 Å². The Morgan fingerprint density at radius 2 is 1.80 bits per heavy atom. The van der Waals surface area contributed by atoms with Crippen molar-refractivity contribution in [3.8, 4) is 0 Å². The molecule has 1 saturated heterocycles. The van der Waals surface area contributed by atoms with Gasteiger partial charge in [0.2, 0.25) is 0 Å². The number of tetrazole rings is 1.